The molecule has 0 fully saturated rings. The van der Waals surface area contributed by atoms with Crippen LogP contribution in [0.5, 0.6) is 0 Å². The van der Waals surface area contributed by atoms with Gasteiger partial charge in [0.2, 0.25) is 0 Å². The Morgan fingerprint density at radius 2 is 1.12 bits per heavy atom. The van der Waals surface area contributed by atoms with Crippen LogP contribution < -0.4 is 0 Å². The van der Waals surface area contributed by atoms with Crippen molar-refractivity contribution < 1.29 is 37.7 Å². The van der Waals surface area contributed by atoms with E-state index in [9.17, 15) is 17.6 Å². The quantitative estimate of drug-likeness (QED) is 0.138. The Labute approximate surface area is 254 Å². The Hall–Kier alpha value is -4.97. The number of rotatable bonds is 3. The zero-order valence-corrected chi connectivity index (χ0v) is 24.0. The van der Waals surface area contributed by atoms with E-state index in [1.54, 1.807) is 61.3 Å². The van der Waals surface area contributed by atoms with E-state index in [4.69, 9.17) is 11.8 Å². The summed E-state index contributed by atoms with van der Waals surface area (Å²) in [6.45, 7) is 4.75. The predicted octanol–water partition coefficient (Wildman–Crippen LogP) is 7.62. The zero-order chi connectivity index (χ0) is 29.5. The number of benzene rings is 3. The van der Waals surface area contributed by atoms with Crippen LogP contribution in [0, 0.1) is 47.2 Å². The summed E-state index contributed by atoms with van der Waals surface area (Å²) in [4.78, 5) is 11.9. The van der Waals surface area contributed by atoms with Crippen LogP contribution in [0.2, 0.25) is 0 Å². The van der Waals surface area contributed by atoms with E-state index >= 15 is 0 Å². The molecule has 0 aliphatic carbocycles. The van der Waals surface area contributed by atoms with Gasteiger partial charge in [0.1, 0.15) is 0 Å². The van der Waals surface area contributed by atoms with E-state index < -0.39 is 23.3 Å². The number of para-hydroxylation sites is 1. The largest absolute Gasteiger partial charge is 3.00 e. The van der Waals surface area contributed by atoms with Crippen molar-refractivity contribution in [2.75, 3.05) is 0 Å². The summed E-state index contributed by atoms with van der Waals surface area (Å²) in [5.41, 5.74) is 2.42. The van der Waals surface area contributed by atoms with Gasteiger partial charge in [0, 0.05) is 53.7 Å². The summed E-state index contributed by atoms with van der Waals surface area (Å²) >= 11 is 0. The Morgan fingerprint density at radius 3 is 1.50 bits per heavy atom. The molecular weight excluding hydrogens is 723 g/mol. The van der Waals surface area contributed by atoms with Crippen molar-refractivity contribution in [1.82, 2.24) is 19.5 Å². The van der Waals surface area contributed by atoms with Crippen LogP contribution in [-0.2, 0) is 20.1 Å². The summed E-state index contributed by atoms with van der Waals surface area (Å²) in [6.07, 6.45) is 8.58. The summed E-state index contributed by atoms with van der Waals surface area (Å²) < 4.78 is 53.6. The fraction of sp³-hybridized carbons (Fsp3) is 0. The molecule has 0 spiro atoms. The molecule has 0 aliphatic rings. The molecule has 10 heteroatoms. The molecule has 42 heavy (non-hydrogen) atoms. The molecule has 0 saturated carbocycles. The fourth-order valence-electron chi connectivity index (χ4n) is 3.32. The van der Waals surface area contributed by atoms with Crippen LogP contribution in [-0.4, -0.2) is 19.5 Å². The molecule has 0 radical (unpaired) electrons. The van der Waals surface area contributed by atoms with Crippen LogP contribution in [0.25, 0.3) is 28.2 Å². The second kappa shape index (κ2) is 17.7. The average molecular weight is 743 g/mol. The maximum Gasteiger partial charge on any atom is 3.00 e. The van der Waals surface area contributed by atoms with Gasteiger partial charge in [-0.2, -0.15) is 0 Å². The number of halogens is 4. The van der Waals surface area contributed by atoms with Gasteiger partial charge in [0.05, 0.1) is 6.33 Å². The minimum Gasteiger partial charge on any atom is -0.512 e. The standard InChI is InChI=1S/2C11H6F2N.C9H8N2.CN.Ir/c2*12-8-4-5-9(10(13)7-8)11-3-1-2-6-14-11;1-2-4-9(5-3-1)11-7-6-10-8-11;1-2;/h2*1-4,6-7H;1-8H;;/q2*-1;;-1;+3. The van der Waals surface area contributed by atoms with E-state index in [1.807, 2.05) is 41.1 Å². The van der Waals surface area contributed by atoms with E-state index in [0.29, 0.717) is 11.4 Å². The number of nitrogens with zero attached hydrogens (tertiary/aromatic N) is 5. The van der Waals surface area contributed by atoms with E-state index in [0.717, 1.165) is 30.0 Å². The van der Waals surface area contributed by atoms with Gasteiger partial charge >= 0.3 is 20.1 Å². The van der Waals surface area contributed by atoms with Gasteiger partial charge in [-0.1, -0.05) is 65.7 Å². The molecule has 3 heterocycles. The smallest absolute Gasteiger partial charge is 0.512 e. The molecule has 3 aromatic heterocycles. The molecular formula is C32H20F4IrN5. The summed E-state index contributed by atoms with van der Waals surface area (Å²) in [6, 6.07) is 29.2. The van der Waals surface area contributed by atoms with Gasteiger partial charge in [-0.05, 0) is 35.7 Å². The molecule has 0 unspecified atom stereocenters. The van der Waals surface area contributed by atoms with Gasteiger partial charge in [-0.15, -0.1) is 24.3 Å². The van der Waals surface area contributed by atoms with Gasteiger partial charge in [-0.25, -0.2) is 4.98 Å². The SMILES string of the molecule is Fc1c[c-]c(-c2ccccn2)c(F)c1.Fc1c[c-]c(-c2ccccn2)c(F)c1.[C-]#N.[Ir+3].c1ccc(-n2ccnc2)cc1. The Balaban J connectivity index is 0.000000213. The Morgan fingerprint density at radius 1 is 0.643 bits per heavy atom. The molecule has 210 valence electrons. The minimum atomic E-state index is -0.649. The second-order valence-corrected chi connectivity index (χ2v) is 7.82. The first kappa shape index (κ1) is 33.2. The van der Waals surface area contributed by atoms with Crippen molar-refractivity contribution in [1.29, 1.82) is 5.26 Å². The van der Waals surface area contributed by atoms with Crippen LogP contribution in [0.4, 0.5) is 17.6 Å². The van der Waals surface area contributed by atoms with Gasteiger partial charge in [0.15, 0.2) is 0 Å². The molecule has 0 N–H and O–H groups in total. The first-order valence-corrected chi connectivity index (χ1v) is 11.8. The molecule has 0 atom stereocenters. The molecule has 6 aromatic rings. The van der Waals surface area contributed by atoms with Crippen molar-refractivity contribution in [2.45, 2.75) is 0 Å². The van der Waals surface area contributed by atoms with Crippen molar-refractivity contribution in [3.63, 3.8) is 0 Å². The predicted molar refractivity (Wildman–Crippen MR) is 145 cm³/mol. The summed E-state index contributed by atoms with van der Waals surface area (Å²) in [5.74, 6) is -2.57. The van der Waals surface area contributed by atoms with Crippen molar-refractivity contribution in [3.05, 3.63) is 164 Å². The Bertz CT molecular complexity index is 1550. The monoisotopic (exact) mass is 743 g/mol. The number of hydrogen-bond acceptors (Lipinski definition) is 4. The summed E-state index contributed by atoms with van der Waals surface area (Å²) in [7, 11) is 0. The average Bonchev–Trinajstić information content (AvgIpc) is 3.56. The van der Waals surface area contributed by atoms with Gasteiger partial charge < -0.3 is 26.4 Å². The van der Waals surface area contributed by atoms with Crippen LogP contribution in [0.3, 0.4) is 0 Å². The van der Waals surface area contributed by atoms with E-state index in [-0.39, 0.29) is 31.2 Å². The molecule has 3 aromatic carbocycles. The third-order valence-electron chi connectivity index (χ3n) is 5.12. The van der Waals surface area contributed by atoms with Gasteiger partial charge in [0.25, 0.3) is 0 Å². The second-order valence-electron chi connectivity index (χ2n) is 7.82. The number of pyridine rings is 2. The van der Waals surface area contributed by atoms with Crippen molar-refractivity contribution >= 4 is 0 Å². The maximum absolute atomic E-state index is 13.2. The molecule has 0 aliphatic heterocycles. The molecule has 6 rings (SSSR count). The number of aromatic nitrogens is 4. The Kier molecular flexibility index (Phi) is 14.0. The molecule has 0 bridgehead atoms. The van der Waals surface area contributed by atoms with Crippen molar-refractivity contribution in [2.24, 2.45) is 0 Å². The topological polar surface area (TPSA) is 67.4 Å². The van der Waals surface area contributed by atoms with Crippen molar-refractivity contribution in [3.8, 4) is 28.2 Å². The minimum absolute atomic E-state index is 0. The first-order valence-electron chi connectivity index (χ1n) is 11.8. The van der Waals surface area contributed by atoms with Crippen LogP contribution in [0.15, 0.2) is 122 Å². The fourth-order valence-corrected chi connectivity index (χ4v) is 3.32. The third kappa shape index (κ3) is 9.89. The first-order chi connectivity index (χ1) is 20.0. The third-order valence-corrected chi connectivity index (χ3v) is 5.12. The normalized spacial score (nSPS) is 9.38. The van der Waals surface area contributed by atoms with Gasteiger partial charge in [-0.3, -0.25) is 17.6 Å². The number of imidazole rings is 1. The van der Waals surface area contributed by atoms with E-state index in [2.05, 4.69) is 27.1 Å². The molecule has 5 nitrogen and oxygen atoms in total. The zero-order valence-electron chi connectivity index (χ0n) is 21.6. The van der Waals surface area contributed by atoms with Crippen LogP contribution in [0.1, 0.15) is 0 Å². The molecule has 0 saturated heterocycles. The van der Waals surface area contributed by atoms with Crippen LogP contribution >= 0.6 is 0 Å². The maximum atomic E-state index is 13.2. The summed E-state index contributed by atoms with van der Waals surface area (Å²) in [5, 5.41) is 6.25. The molecule has 0 amide bonds. The number of hydrogen-bond donors (Lipinski definition) is 0. The van der Waals surface area contributed by atoms with E-state index in [1.165, 1.54) is 0 Å².